The summed E-state index contributed by atoms with van der Waals surface area (Å²) in [6.45, 7) is 0. The van der Waals surface area contributed by atoms with Crippen LogP contribution in [-0.4, -0.2) is 0 Å². The summed E-state index contributed by atoms with van der Waals surface area (Å²) in [7, 11) is 0. The lowest BCUT2D eigenvalue weighted by Gasteiger charge is -2.37. The second-order valence-corrected chi connectivity index (χ2v) is 15.2. The fraction of sp³-hybridized carbons (Fsp3) is 0.0312. The van der Waals surface area contributed by atoms with E-state index in [1.807, 2.05) is 0 Å². The molecule has 0 fully saturated rings. The number of halogens is 2. The molecule has 0 saturated heterocycles. The van der Waals surface area contributed by atoms with Crippen molar-refractivity contribution in [2.24, 2.45) is 0 Å². The molecule has 0 unspecified atom stereocenters. The molecule has 0 saturated carbocycles. The molecule has 0 bridgehead atoms. The van der Waals surface area contributed by atoms with Crippen LogP contribution in [0.2, 0.25) is 0 Å². The van der Waals surface area contributed by atoms with E-state index in [-0.39, 0.29) is 46.1 Å². The summed E-state index contributed by atoms with van der Waals surface area (Å²) >= 11 is 0. The summed E-state index contributed by atoms with van der Waals surface area (Å²) in [5.41, 5.74) is -7.69. The van der Waals surface area contributed by atoms with Gasteiger partial charge in [-0.1, -0.05) is 187 Å². The molecule has 0 N–H and O–H groups in total. The van der Waals surface area contributed by atoms with E-state index in [9.17, 15) is 11.0 Å². The largest absolute Gasteiger partial charge is 0.307 e. The van der Waals surface area contributed by atoms with E-state index in [0.717, 1.165) is 21.9 Å². The van der Waals surface area contributed by atoms with Crippen LogP contribution in [0.25, 0.3) is 60.9 Å². The third-order valence-corrected chi connectivity index (χ3v) is 11.5. The van der Waals surface area contributed by atoms with Crippen molar-refractivity contribution in [3.8, 4) is 44.5 Å². The molecule has 0 spiro atoms. The van der Waals surface area contributed by atoms with Crippen LogP contribution >= 0.6 is 0 Å². The summed E-state index contributed by atoms with van der Waals surface area (Å²) < 4.78 is 304. The van der Waals surface area contributed by atoms with Crippen molar-refractivity contribution in [2.75, 3.05) is 9.80 Å². The summed E-state index contributed by atoms with van der Waals surface area (Å²) in [6, 6.07) is -18.2. The quantitative estimate of drug-likeness (QED) is 0.135. The summed E-state index contributed by atoms with van der Waals surface area (Å²) in [5.74, 6) is -2.93. The van der Waals surface area contributed by atoms with E-state index in [1.54, 1.807) is 12.1 Å². The lowest BCUT2D eigenvalue weighted by atomic mass is 9.79. The zero-order chi connectivity index (χ0) is 71.7. The van der Waals surface area contributed by atoms with Crippen LogP contribution in [0.15, 0.2) is 248 Å². The van der Waals surface area contributed by atoms with Crippen LogP contribution in [0.4, 0.5) is 37.2 Å². The number of hydrogen-bond donors (Lipinski definition) is 0. The molecule has 0 atom stereocenters. The SMILES string of the molecule is [2H]c1c([2H])c([2H])c(-c2cc(F)c(N(C3=CCc4ccc5c(N(c6c(F)cc(-c7c([2H])c([2H])c([2H])c([2H])c7[2H])cc6-c6c([2H])c([2H])c([2H])c([2H])c6[2H])c6c([2H])c([2H])c([2H])c([2H])c6[2H])ccc6c5c4C3=CC6)c3c([2H])c([2H])c([2H])c([2H])c3[2H])c(-c3c([2H])c([2H])c([2H])c([2H])c3[2H])c2)c([2H])c1[2H]. The van der Waals surface area contributed by atoms with Gasteiger partial charge in [0.15, 0.2) is 0 Å². The third kappa shape index (κ3) is 7.19. The minimum Gasteiger partial charge on any atom is -0.307 e. The first-order valence-electron chi connectivity index (χ1n) is 35.7. The molecule has 0 amide bonds. The first kappa shape index (κ1) is 20.1. The second kappa shape index (κ2) is 17.3. The highest BCUT2D eigenvalue weighted by Crippen LogP contribution is 2.52. The minimum absolute atomic E-state index is 0.0318. The monoisotopic (exact) mass is 909 g/mol. The lowest BCUT2D eigenvalue weighted by Crippen LogP contribution is -2.23. The Bertz CT molecular complexity index is 5220. The van der Waals surface area contributed by atoms with Crippen molar-refractivity contribution < 1.29 is 49.9 Å². The van der Waals surface area contributed by atoms with Gasteiger partial charge in [0, 0.05) is 33.5 Å². The van der Waals surface area contributed by atoms with Crippen LogP contribution in [0.1, 0.15) is 57.8 Å². The van der Waals surface area contributed by atoms with Crippen molar-refractivity contribution in [2.45, 2.75) is 12.8 Å². The van der Waals surface area contributed by atoms with E-state index in [4.69, 9.17) is 30.2 Å². The Balaban J connectivity index is 1.20. The van der Waals surface area contributed by atoms with Gasteiger partial charge in [-0.05, 0) is 123 Å². The predicted octanol–water partition coefficient (Wildman–Crippen LogP) is 17.5. The van der Waals surface area contributed by atoms with Gasteiger partial charge in [0.25, 0.3) is 0 Å². The molecular weight excluding hydrogens is 835 g/mol. The molecule has 4 heteroatoms. The van der Waals surface area contributed by atoms with Gasteiger partial charge in [-0.15, -0.1) is 0 Å². The van der Waals surface area contributed by atoms with Crippen LogP contribution in [0.3, 0.4) is 0 Å². The minimum atomic E-state index is -1.47. The molecule has 2 aliphatic rings. The van der Waals surface area contributed by atoms with E-state index in [2.05, 4.69) is 0 Å². The zero-order valence-electron chi connectivity index (χ0n) is 64.8. The molecule has 2 nitrogen and oxygen atoms in total. The highest BCUT2D eigenvalue weighted by atomic mass is 19.1. The predicted molar refractivity (Wildman–Crippen MR) is 279 cm³/mol. The van der Waals surface area contributed by atoms with E-state index in [1.165, 1.54) is 24.3 Å². The summed E-state index contributed by atoms with van der Waals surface area (Å²) in [6.07, 6.45) is 2.77. The summed E-state index contributed by atoms with van der Waals surface area (Å²) in [5, 5.41) is 0.245. The van der Waals surface area contributed by atoms with Gasteiger partial charge < -0.3 is 9.80 Å². The Morgan fingerprint density at radius 1 is 0.397 bits per heavy atom. The van der Waals surface area contributed by atoms with Crippen molar-refractivity contribution in [3.63, 3.8) is 0 Å². The number of nitrogens with zero attached hydrogens (tertiary/aromatic N) is 2. The normalized spacial score (nSPS) is 18.8. The Hall–Kier alpha value is -8.60. The van der Waals surface area contributed by atoms with Crippen molar-refractivity contribution in [1.82, 2.24) is 0 Å². The fourth-order valence-corrected chi connectivity index (χ4v) is 8.76. The van der Waals surface area contributed by atoms with Gasteiger partial charge in [-0.2, -0.15) is 0 Å². The molecule has 10 aromatic carbocycles. The van der Waals surface area contributed by atoms with Crippen LogP contribution in [-0.2, 0) is 12.8 Å². The molecule has 10 aromatic rings. The van der Waals surface area contributed by atoms with Gasteiger partial charge in [0.1, 0.15) is 11.6 Å². The maximum atomic E-state index is 18.7. The van der Waals surface area contributed by atoms with Crippen molar-refractivity contribution in [1.29, 1.82) is 0 Å². The topological polar surface area (TPSA) is 6.48 Å². The molecule has 324 valence electrons. The molecular formula is C64H44F2N2. The smallest absolute Gasteiger partial charge is 0.148 e. The van der Waals surface area contributed by atoms with E-state index < -0.39 is 260 Å². The van der Waals surface area contributed by atoms with Crippen LogP contribution < -0.4 is 9.80 Å². The molecule has 0 aromatic heterocycles. The molecule has 12 rings (SSSR count). The highest BCUT2D eigenvalue weighted by Gasteiger charge is 2.33. The molecule has 2 aliphatic carbocycles. The number of anilines is 5. The number of hydrogen-bond acceptors (Lipinski definition) is 2. The number of para-hydroxylation sites is 2. The fourth-order valence-electron chi connectivity index (χ4n) is 8.76. The van der Waals surface area contributed by atoms with E-state index in [0.29, 0.717) is 23.3 Å². The first-order chi connectivity index (χ1) is 46.0. The van der Waals surface area contributed by atoms with Crippen molar-refractivity contribution >= 4 is 44.8 Å². The number of rotatable bonds is 10. The average Bonchev–Trinajstić information content (AvgIpc) is 0.710. The zero-order valence-corrected chi connectivity index (χ0v) is 34.8. The van der Waals surface area contributed by atoms with Crippen molar-refractivity contribution in [3.05, 3.63) is 276 Å². The number of allylic oxidation sites excluding steroid dienone is 3. The Morgan fingerprint density at radius 2 is 0.824 bits per heavy atom. The lowest BCUT2D eigenvalue weighted by molar-refractivity contribution is 0.629. The van der Waals surface area contributed by atoms with Gasteiger partial charge >= 0.3 is 0 Å². The van der Waals surface area contributed by atoms with Gasteiger partial charge in [-0.3, -0.25) is 0 Å². The Labute approximate surface area is 437 Å². The average molecular weight is 909 g/mol. The van der Waals surface area contributed by atoms with Crippen LogP contribution in [0.5, 0.6) is 0 Å². The van der Waals surface area contributed by atoms with Gasteiger partial charge in [-0.25, -0.2) is 8.78 Å². The highest BCUT2D eigenvalue weighted by molar-refractivity contribution is 6.11. The summed E-state index contributed by atoms with van der Waals surface area (Å²) in [4.78, 5) is 1.75. The Morgan fingerprint density at radius 3 is 1.34 bits per heavy atom. The van der Waals surface area contributed by atoms with E-state index >= 15 is 8.78 Å². The molecule has 0 heterocycles. The maximum Gasteiger partial charge on any atom is 0.148 e. The third-order valence-electron chi connectivity index (χ3n) is 11.5. The first-order valence-corrected chi connectivity index (χ1v) is 20.7. The molecule has 0 radical (unpaired) electrons. The molecule has 0 aliphatic heterocycles. The Kier molecular flexibility index (Phi) is 5.12. The second-order valence-electron chi connectivity index (χ2n) is 15.2. The van der Waals surface area contributed by atoms with Gasteiger partial charge in [0.05, 0.1) is 63.9 Å². The number of benzene rings is 10. The van der Waals surface area contributed by atoms with Crippen LogP contribution in [0, 0.1) is 11.6 Å². The maximum absolute atomic E-state index is 18.7. The standard InChI is InChI=1S/C64H44F2N2/c65-57-41-49(43-19-7-1-8-20-43)39-55(45-23-11-3-12-24-45)63(57)67(51-27-15-5-16-28-51)59-37-33-47-32-36-54-60(38-34-48-31-35-53(59)61(47)62(48)54)68(52-29-17-6-18-30-52)64-56(46-25-13-4-14-26-46)40-50(42-58(64)66)44-21-9-2-10-22-44/h1-31,33,35-42H,32,34H2/i1D,2D,3D,4D,5D,6D,7D,8D,9D,10D,11D,12D,13D,14D,15D,16D,17D,18D,19D,20D,21D,22D,23D,24D,25D,26D,27D,28D,29D,30D. The molecule has 68 heavy (non-hydrogen) atoms. The van der Waals surface area contributed by atoms with Gasteiger partial charge in [0.2, 0.25) is 0 Å².